The van der Waals surface area contributed by atoms with Gasteiger partial charge in [0, 0.05) is 24.9 Å². The molecule has 2 amide bonds. The number of hydrogen-bond donors (Lipinski definition) is 1. The number of amides is 2. The van der Waals surface area contributed by atoms with E-state index in [4.69, 9.17) is 4.74 Å². The molecule has 1 N–H and O–H groups in total. The minimum atomic E-state index is -0.398. The van der Waals surface area contributed by atoms with Crippen LogP contribution in [0.15, 0.2) is 30.3 Å². The molecule has 2 atom stereocenters. The fourth-order valence-corrected chi connectivity index (χ4v) is 4.36. The molecule has 6 heteroatoms. The van der Waals surface area contributed by atoms with Crippen LogP contribution in [-0.4, -0.2) is 47.9 Å². The van der Waals surface area contributed by atoms with Crippen molar-refractivity contribution in [3.63, 3.8) is 0 Å². The summed E-state index contributed by atoms with van der Waals surface area (Å²) in [6.45, 7) is 7.65. The van der Waals surface area contributed by atoms with Crippen LogP contribution >= 0.6 is 11.8 Å². The van der Waals surface area contributed by atoms with Gasteiger partial charge in [-0.1, -0.05) is 44.2 Å². The van der Waals surface area contributed by atoms with Crippen LogP contribution in [0.2, 0.25) is 0 Å². The van der Waals surface area contributed by atoms with Crippen molar-refractivity contribution in [3.05, 3.63) is 35.9 Å². The zero-order chi connectivity index (χ0) is 18.9. The van der Waals surface area contributed by atoms with Crippen molar-refractivity contribution < 1.29 is 14.3 Å². The van der Waals surface area contributed by atoms with E-state index >= 15 is 0 Å². The van der Waals surface area contributed by atoms with Gasteiger partial charge in [-0.2, -0.15) is 0 Å². The van der Waals surface area contributed by atoms with Crippen molar-refractivity contribution in [2.45, 2.75) is 50.7 Å². The molecule has 0 radical (unpaired) electrons. The molecule has 1 saturated heterocycles. The lowest BCUT2D eigenvalue weighted by Gasteiger charge is -2.35. The van der Waals surface area contributed by atoms with Gasteiger partial charge in [0.1, 0.15) is 0 Å². The topological polar surface area (TPSA) is 58.6 Å². The Morgan fingerprint density at radius 1 is 1.31 bits per heavy atom. The first-order valence-corrected chi connectivity index (χ1v) is 10.4. The van der Waals surface area contributed by atoms with Gasteiger partial charge in [0.05, 0.1) is 11.9 Å². The fourth-order valence-electron chi connectivity index (χ4n) is 3.12. The number of thioether (sulfide) groups is 1. The normalized spacial score (nSPS) is 18.5. The highest BCUT2D eigenvalue weighted by molar-refractivity contribution is 7.99. The summed E-state index contributed by atoms with van der Waals surface area (Å²) in [6, 6.07) is 10.2. The number of benzene rings is 1. The first-order valence-electron chi connectivity index (χ1n) is 9.38. The molecule has 1 aromatic carbocycles. The molecule has 0 saturated carbocycles. The summed E-state index contributed by atoms with van der Waals surface area (Å²) >= 11 is 1.70. The molecule has 1 heterocycles. The van der Waals surface area contributed by atoms with Gasteiger partial charge in [-0.3, -0.25) is 4.79 Å². The molecule has 1 aliphatic rings. The lowest BCUT2D eigenvalue weighted by Crippen LogP contribution is -2.52. The average molecular weight is 379 g/mol. The van der Waals surface area contributed by atoms with Gasteiger partial charge in [-0.15, -0.1) is 11.8 Å². The molecule has 2 unspecified atom stereocenters. The molecule has 1 aliphatic heterocycles. The summed E-state index contributed by atoms with van der Waals surface area (Å²) < 4.78 is 4.96. The van der Waals surface area contributed by atoms with Gasteiger partial charge >= 0.3 is 6.09 Å². The van der Waals surface area contributed by atoms with E-state index in [1.54, 1.807) is 18.7 Å². The summed E-state index contributed by atoms with van der Waals surface area (Å²) in [5.74, 6) is 1.26. The van der Waals surface area contributed by atoms with Crippen LogP contribution in [0, 0.1) is 5.92 Å². The standard InChI is InChI=1S/C20H30N2O3S/c1-4-25-20(24)21-17-11-8-12-22(13-17)19(23)18(15(2)3)26-14-16-9-6-5-7-10-16/h5-7,9-10,15,17-18H,4,8,11-14H2,1-3H3,(H,21,24). The Labute approximate surface area is 160 Å². The van der Waals surface area contributed by atoms with Crippen molar-refractivity contribution in [3.8, 4) is 0 Å². The lowest BCUT2D eigenvalue weighted by molar-refractivity contribution is -0.132. The van der Waals surface area contributed by atoms with Gasteiger partial charge in [0.2, 0.25) is 5.91 Å². The van der Waals surface area contributed by atoms with Crippen LogP contribution in [0.4, 0.5) is 4.79 Å². The Morgan fingerprint density at radius 2 is 2.04 bits per heavy atom. The molecule has 0 aliphatic carbocycles. The molecule has 26 heavy (non-hydrogen) atoms. The molecule has 144 valence electrons. The van der Waals surface area contributed by atoms with Crippen LogP contribution in [0.3, 0.4) is 0 Å². The van der Waals surface area contributed by atoms with Gasteiger partial charge in [-0.25, -0.2) is 4.79 Å². The fraction of sp³-hybridized carbons (Fsp3) is 0.600. The first-order chi connectivity index (χ1) is 12.5. The lowest BCUT2D eigenvalue weighted by atomic mass is 10.0. The maximum Gasteiger partial charge on any atom is 0.407 e. The highest BCUT2D eigenvalue weighted by Crippen LogP contribution is 2.27. The van der Waals surface area contributed by atoms with Crippen LogP contribution in [0.1, 0.15) is 39.2 Å². The number of hydrogen-bond acceptors (Lipinski definition) is 4. The van der Waals surface area contributed by atoms with E-state index in [9.17, 15) is 9.59 Å². The van der Waals surface area contributed by atoms with E-state index in [1.165, 1.54) is 5.56 Å². The molecule has 0 aromatic heterocycles. The first kappa shape index (κ1) is 20.6. The zero-order valence-electron chi connectivity index (χ0n) is 15.9. The second-order valence-electron chi connectivity index (χ2n) is 6.95. The Morgan fingerprint density at radius 3 is 2.69 bits per heavy atom. The van der Waals surface area contributed by atoms with Gasteiger partial charge in [-0.05, 0) is 31.2 Å². The van der Waals surface area contributed by atoms with E-state index in [1.807, 2.05) is 23.1 Å². The molecule has 2 rings (SSSR count). The second-order valence-corrected chi connectivity index (χ2v) is 8.08. The number of ether oxygens (including phenoxy) is 1. The number of carbonyl (C=O) groups excluding carboxylic acids is 2. The monoisotopic (exact) mass is 378 g/mol. The molecule has 5 nitrogen and oxygen atoms in total. The van der Waals surface area contributed by atoms with Crippen LogP contribution in [0.5, 0.6) is 0 Å². The Balaban J connectivity index is 1.93. The number of alkyl carbamates (subject to hydrolysis) is 1. The molecule has 1 fully saturated rings. The van der Waals surface area contributed by atoms with E-state index in [-0.39, 0.29) is 23.1 Å². The van der Waals surface area contributed by atoms with E-state index in [0.717, 1.165) is 25.1 Å². The largest absolute Gasteiger partial charge is 0.450 e. The molecule has 1 aromatic rings. The number of rotatable bonds is 7. The summed E-state index contributed by atoms with van der Waals surface area (Å²) in [5.41, 5.74) is 1.23. The van der Waals surface area contributed by atoms with Crippen molar-refractivity contribution in [1.82, 2.24) is 10.2 Å². The predicted octanol–water partition coefficient (Wildman–Crippen LogP) is 3.68. The highest BCUT2D eigenvalue weighted by Gasteiger charge is 2.31. The smallest absolute Gasteiger partial charge is 0.407 e. The average Bonchev–Trinajstić information content (AvgIpc) is 2.62. The summed E-state index contributed by atoms with van der Waals surface area (Å²) in [5, 5.41) is 2.80. The maximum atomic E-state index is 13.1. The Kier molecular flexibility index (Phi) is 8.29. The van der Waals surface area contributed by atoms with Crippen LogP contribution < -0.4 is 5.32 Å². The summed E-state index contributed by atoms with van der Waals surface area (Å²) in [6.07, 6.45) is 1.38. The third-order valence-corrected chi connectivity index (χ3v) is 6.06. The van der Waals surface area contributed by atoms with E-state index in [0.29, 0.717) is 13.2 Å². The van der Waals surface area contributed by atoms with Crippen LogP contribution in [0.25, 0.3) is 0 Å². The van der Waals surface area contributed by atoms with Crippen molar-refractivity contribution >= 4 is 23.8 Å². The van der Waals surface area contributed by atoms with E-state index in [2.05, 4.69) is 31.3 Å². The second kappa shape index (κ2) is 10.5. The van der Waals surface area contributed by atoms with Crippen LogP contribution in [-0.2, 0) is 15.3 Å². The van der Waals surface area contributed by atoms with Crippen molar-refractivity contribution in [2.75, 3.05) is 19.7 Å². The summed E-state index contributed by atoms with van der Waals surface area (Å²) in [4.78, 5) is 26.6. The number of nitrogens with zero attached hydrogens (tertiary/aromatic N) is 1. The third-order valence-electron chi connectivity index (χ3n) is 4.45. The van der Waals surface area contributed by atoms with Gasteiger partial charge in [0.25, 0.3) is 0 Å². The Bertz CT molecular complexity index is 580. The van der Waals surface area contributed by atoms with Gasteiger partial charge in [0.15, 0.2) is 0 Å². The zero-order valence-corrected chi connectivity index (χ0v) is 16.8. The number of piperidine rings is 1. The van der Waals surface area contributed by atoms with Gasteiger partial charge < -0.3 is 15.0 Å². The molecular weight excluding hydrogens is 348 g/mol. The maximum absolute atomic E-state index is 13.1. The highest BCUT2D eigenvalue weighted by atomic mass is 32.2. The van der Waals surface area contributed by atoms with E-state index < -0.39 is 6.09 Å². The minimum Gasteiger partial charge on any atom is -0.450 e. The Hall–Kier alpha value is -1.69. The molecular formula is C20H30N2O3S. The number of nitrogens with one attached hydrogen (secondary N) is 1. The minimum absolute atomic E-state index is 0.0290. The SMILES string of the molecule is CCOC(=O)NC1CCCN(C(=O)C(SCc2ccccc2)C(C)C)C1. The third kappa shape index (κ3) is 6.24. The summed E-state index contributed by atoms with van der Waals surface area (Å²) in [7, 11) is 0. The number of likely N-dealkylation sites (tertiary alicyclic amines) is 1. The predicted molar refractivity (Wildman–Crippen MR) is 106 cm³/mol. The quantitative estimate of drug-likeness (QED) is 0.786. The number of carbonyl (C=O) groups is 2. The molecule has 0 spiro atoms. The van der Waals surface area contributed by atoms with Crippen molar-refractivity contribution in [2.24, 2.45) is 5.92 Å². The molecule has 0 bridgehead atoms. The van der Waals surface area contributed by atoms with Crippen molar-refractivity contribution in [1.29, 1.82) is 0 Å².